The third kappa shape index (κ3) is 3.43. The van der Waals surface area contributed by atoms with Crippen LogP contribution in [-0.2, 0) is 6.42 Å². The lowest BCUT2D eigenvalue weighted by Crippen LogP contribution is -2.08. The second kappa shape index (κ2) is 4.93. The van der Waals surface area contributed by atoms with Gasteiger partial charge in [-0.05, 0) is 36.0 Å². The summed E-state index contributed by atoms with van der Waals surface area (Å²) in [4.78, 5) is 4.45. The smallest absolute Gasteiger partial charge is 0.0702 e. The molecule has 2 aromatic rings. The number of hydrogen-bond donors (Lipinski definition) is 0. The van der Waals surface area contributed by atoms with Gasteiger partial charge in [0, 0.05) is 11.8 Å². The van der Waals surface area contributed by atoms with Crippen molar-refractivity contribution < 1.29 is 0 Å². The summed E-state index contributed by atoms with van der Waals surface area (Å²) >= 11 is 0. The lowest BCUT2D eigenvalue weighted by Gasteiger charge is -2.18. The highest BCUT2D eigenvalue weighted by Crippen LogP contribution is 2.23. The zero-order valence-corrected chi connectivity index (χ0v) is 11.7. The first kappa shape index (κ1) is 12.8. The standard InChI is InChI=1S/C17H21N/c1-13-5-10-16(18-12-13)15-8-6-14(7-9-15)11-17(2,3)4/h5-10,12H,11H2,1-4H3. The van der Waals surface area contributed by atoms with Crippen LogP contribution >= 0.6 is 0 Å². The van der Waals surface area contributed by atoms with Gasteiger partial charge in [-0.15, -0.1) is 0 Å². The first-order chi connectivity index (χ1) is 8.44. The van der Waals surface area contributed by atoms with Gasteiger partial charge in [0.15, 0.2) is 0 Å². The maximum absolute atomic E-state index is 4.45. The molecule has 0 saturated carbocycles. The van der Waals surface area contributed by atoms with E-state index in [1.165, 1.54) is 16.7 Å². The fraction of sp³-hybridized carbons (Fsp3) is 0.353. The maximum atomic E-state index is 4.45. The molecule has 0 aliphatic rings. The van der Waals surface area contributed by atoms with Gasteiger partial charge >= 0.3 is 0 Å². The summed E-state index contributed by atoms with van der Waals surface area (Å²) in [5.74, 6) is 0. The summed E-state index contributed by atoms with van der Waals surface area (Å²) in [5, 5.41) is 0. The zero-order valence-electron chi connectivity index (χ0n) is 11.7. The molecule has 1 aromatic heterocycles. The average molecular weight is 239 g/mol. The van der Waals surface area contributed by atoms with Crippen molar-refractivity contribution in [3.8, 4) is 11.3 Å². The minimum atomic E-state index is 0.337. The van der Waals surface area contributed by atoms with Crippen molar-refractivity contribution in [2.75, 3.05) is 0 Å². The number of hydrogen-bond acceptors (Lipinski definition) is 1. The maximum Gasteiger partial charge on any atom is 0.0702 e. The summed E-state index contributed by atoms with van der Waals surface area (Å²) in [7, 11) is 0. The van der Waals surface area contributed by atoms with Gasteiger partial charge in [0.05, 0.1) is 5.69 Å². The van der Waals surface area contributed by atoms with E-state index in [1.807, 2.05) is 6.20 Å². The van der Waals surface area contributed by atoms with E-state index in [9.17, 15) is 0 Å². The van der Waals surface area contributed by atoms with E-state index in [1.54, 1.807) is 0 Å². The van der Waals surface area contributed by atoms with Crippen molar-refractivity contribution in [2.24, 2.45) is 5.41 Å². The van der Waals surface area contributed by atoms with Crippen molar-refractivity contribution in [3.05, 3.63) is 53.7 Å². The molecule has 0 atom stereocenters. The Hall–Kier alpha value is -1.63. The molecule has 0 spiro atoms. The summed E-state index contributed by atoms with van der Waals surface area (Å²) < 4.78 is 0. The van der Waals surface area contributed by atoms with Gasteiger partial charge in [0.2, 0.25) is 0 Å². The Labute approximate surface area is 110 Å². The fourth-order valence-corrected chi connectivity index (χ4v) is 2.04. The topological polar surface area (TPSA) is 12.9 Å². The van der Waals surface area contributed by atoms with E-state index in [-0.39, 0.29) is 0 Å². The molecule has 1 nitrogen and oxygen atoms in total. The van der Waals surface area contributed by atoms with Crippen LogP contribution in [0.1, 0.15) is 31.9 Å². The summed E-state index contributed by atoms with van der Waals surface area (Å²) in [6, 6.07) is 12.9. The van der Waals surface area contributed by atoms with E-state index in [0.29, 0.717) is 5.41 Å². The largest absolute Gasteiger partial charge is 0.256 e. The van der Waals surface area contributed by atoms with Gasteiger partial charge in [0.25, 0.3) is 0 Å². The predicted octanol–water partition coefficient (Wildman–Crippen LogP) is 4.65. The molecule has 18 heavy (non-hydrogen) atoms. The molecule has 0 aliphatic heterocycles. The van der Waals surface area contributed by atoms with Gasteiger partial charge < -0.3 is 0 Å². The van der Waals surface area contributed by atoms with Crippen LogP contribution in [0.25, 0.3) is 11.3 Å². The molecule has 0 unspecified atom stereocenters. The van der Waals surface area contributed by atoms with Crippen molar-refractivity contribution in [2.45, 2.75) is 34.1 Å². The van der Waals surface area contributed by atoms with Crippen molar-refractivity contribution >= 4 is 0 Å². The molecular weight excluding hydrogens is 218 g/mol. The van der Waals surface area contributed by atoms with Gasteiger partial charge in [-0.25, -0.2) is 0 Å². The fourth-order valence-electron chi connectivity index (χ4n) is 2.04. The second-order valence-corrected chi connectivity index (χ2v) is 6.16. The number of aryl methyl sites for hydroxylation is 1. The Morgan fingerprint density at radius 3 is 2.11 bits per heavy atom. The average Bonchev–Trinajstić information content (AvgIpc) is 2.29. The molecule has 94 valence electrons. The van der Waals surface area contributed by atoms with E-state index >= 15 is 0 Å². The summed E-state index contributed by atoms with van der Waals surface area (Å²) in [5.41, 5.74) is 5.15. The molecule has 0 aliphatic carbocycles. The molecular formula is C17H21N. The van der Waals surface area contributed by atoms with Gasteiger partial charge in [-0.1, -0.05) is 51.1 Å². The SMILES string of the molecule is Cc1ccc(-c2ccc(CC(C)(C)C)cc2)nc1. The van der Waals surface area contributed by atoms with Crippen LogP contribution in [-0.4, -0.2) is 4.98 Å². The minimum Gasteiger partial charge on any atom is -0.256 e. The van der Waals surface area contributed by atoms with Crippen molar-refractivity contribution in [1.29, 1.82) is 0 Å². The third-order valence-corrected chi connectivity index (χ3v) is 2.90. The quantitative estimate of drug-likeness (QED) is 0.743. The molecule has 1 heterocycles. The van der Waals surface area contributed by atoms with Crippen LogP contribution in [0.2, 0.25) is 0 Å². The number of nitrogens with zero attached hydrogens (tertiary/aromatic N) is 1. The highest BCUT2D eigenvalue weighted by atomic mass is 14.7. The van der Waals surface area contributed by atoms with Crippen molar-refractivity contribution in [3.63, 3.8) is 0 Å². The van der Waals surface area contributed by atoms with Crippen molar-refractivity contribution in [1.82, 2.24) is 4.98 Å². The Bertz CT molecular complexity index is 501. The lowest BCUT2D eigenvalue weighted by molar-refractivity contribution is 0.411. The minimum absolute atomic E-state index is 0.337. The second-order valence-electron chi connectivity index (χ2n) is 6.16. The molecule has 0 radical (unpaired) electrons. The Morgan fingerprint density at radius 2 is 1.61 bits per heavy atom. The monoisotopic (exact) mass is 239 g/mol. The van der Waals surface area contributed by atoms with Crippen LogP contribution in [0, 0.1) is 12.3 Å². The van der Waals surface area contributed by atoms with E-state index in [2.05, 4.69) is 69.1 Å². The first-order valence-corrected chi connectivity index (χ1v) is 6.46. The number of rotatable bonds is 2. The molecule has 0 amide bonds. The molecule has 0 saturated heterocycles. The predicted molar refractivity (Wildman–Crippen MR) is 77.6 cm³/mol. The normalized spacial score (nSPS) is 11.6. The highest BCUT2D eigenvalue weighted by Gasteiger charge is 2.11. The molecule has 1 heteroatoms. The first-order valence-electron chi connectivity index (χ1n) is 6.46. The van der Waals surface area contributed by atoms with E-state index in [4.69, 9.17) is 0 Å². The highest BCUT2D eigenvalue weighted by molar-refractivity contribution is 5.59. The van der Waals surface area contributed by atoms with Gasteiger partial charge in [0.1, 0.15) is 0 Å². The molecule has 0 N–H and O–H groups in total. The molecule has 1 aromatic carbocycles. The summed E-state index contributed by atoms with van der Waals surface area (Å²) in [6.45, 7) is 8.86. The third-order valence-electron chi connectivity index (χ3n) is 2.90. The lowest BCUT2D eigenvalue weighted by atomic mass is 9.88. The van der Waals surface area contributed by atoms with Crippen LogP contribution < -0.4 is 0 Å². The van der Waals surface area contributed by atoms with Gasteiger partial charge in [-0.3, -0.25) is 4.98 Å². The molecule has 2 rings (SSSR count). The number of aromatic nitrogens is 1. The summed E-state index contributed by atoms with van der Waals surface area (Å²) in [6.07, 6.45) is 3.02. The molecule has 0 bridgehead atoms. The number of pyridine rings is 1. The van der Waals surface area contributed by atoms with Crippen LogP contribution in [0.5, 0.6) is 0 Å². The van der Waals surface area contributed by atoms with Crippen LogP contribution in [0.4, 0.5) is 0 Å². The Kier molecular flexibility index (Phi) is 3.51. The van der Waals surface area contributed by atoms with E-state index < -0.39 is 0 Å². The van der Waals surface area contributed by atoms with E-state index in [0.717, 1.165) is 12.1 Å². The van der Waals surface area contributed by atoms with Crippen LogP contribution in [0.15, 0.2) is 42.6 Å². The Morgan fingerprint density at radius 1 is 0.944 bits per heavy atom. The van der Waals surface area contributed by atoms with Gasteiger partial charge in [-0.2, -0.15) is 0 Å². The number of benzene rings is 1. The molecule has 0 fully saturated rings. The Balaban J connectivity index is 2.20. The van der Waals surface area contributed by atoms with Crippen LogP contribution in [0.3, 0.4) is 0 Å². The zero-order chi connectivity index (χ0) is 13.2.